The van der Waals surface area contributed by atoms with Crippen molar-refractivity contribution < 1.29 is 17.7 Å². The van der Waals surface area contributed by atoms with Crippen LogP contribution in [0.25, 0.3) is 5.82 Å². The molecule has 10 heteroatoms. The van der Waals surface area contributed by atoms with Gasteiger partial charge in [0.05, 0.1) is 10.8 Å². The summed E-state index contributed by atoms with van der Waals surface area (Å²) >= 11 is 1.29. The number of aryl methyl sites for hydroxylation is 2. The zero-order valence-corrected chi connectivity index (χ0v) is 19.3. The minimum atomic E-state index is -3.48. The lowest BCUT2D eigenvalue weighted by molar-refractivity contribution is 0.102. The van der Waals surface area contributed by atoms with E-state index >= 15 is 0 Å². The Kier molecular flexibility index (Phi) is 6.05. The summed E-state index contributed by atoms with van der Waals surface area (Å²) in [6.07, 6.45) is 3.15. The second-order valence-corrected chi connectivity index (χ2v) is 10.5. The van der Waals surface area contributed by atoms with Crippen molar-refractivity contribution in [2.24, 2.45) is 0 Å². The molecule has 3 aromatic rings. The van der Waals surface area contributed by atoms with Gasteiger partial charge in [-0.2, -0.15) is 4.31 Å². The van der Waals surface area contributed by atoms with E-state index in [1.807, 2.05) is 37.5 Å². The number of rotatable bonds is 7. The van der Waals surface area contributed by atoms with Crippen molar-refractivity contribution in [1.82, 2.24) is 19.0 Å². The van der Waals surface area contributed by atoms with E-state index in [-0.39, 0.29) is 16.4 Å². The Balaban J connectivity index is 1.45. The SMILES string of the molecule is Cc1cc(-n2c(C)cc(C(=O)CSc3ccc(S(=O)(=O)N4CCCC4)cn3)c2C)no1. The number of ketones is 1. The van der Waals surface area contributed by atoms with Gasteiger partial charge in [0.25, 0.3) is 0 Å². The van der Waals surface area contributed by atoms with Crippen LogP contribution in [-0.2, 0) is 10.0 Å². The Morgan fingerprint density at radius 3 is 2.52 bits per heavy atom. The smallest absolute Gasteiger partial charge is 0.244 e. The topological polar surface area (TPSA) is 98.3 Å². The van der Waals surface area contributed by atoms with E-state index in [0.717, 1.165) is 24.2 Å². The molecule has 4 rings (SSSR count). The number of carbonyl (C=O) groups excluding carboxylic acids is 1. The first-order valence-corrected chi connectivity index (χ1v) is 12.4. The third-order valence-electron chi connectivity index (χ3n) is 5.34. The second-order valence-electron chi connectivity index (χ2n) is 7.57. The molecule has 0 aliphatic carbocycles. The highest BCUT2D eigenvalue weighted by molar-refractivity contribution is 7.99. The van der Waals surface area contributed by atoms with Gasteiger partial charge < -0.3 is 4.52 Å². The highest BCUT2D eigenvalue weighted by Crippen LogP contribution is 2.25. The summed E-state index contributed by atoms with van der Waals surface area (Å²) < 4.78 is 33.7. The fourth-order valence-electron chi connectivity index (χ4n) is 3.76. The largest absolute Gasteiger partial charge is 0.360 e. The minimum absolute atomic E-state index is 0.0277. The molecule has 0 unspecified atom stereocenters. The minimum Gasteiger partial charge on any atom is -0.360 e. The fourth-order valence-corrected chi connectivity index (χ4v) is 5.94. The first kappa shape index (κ1) is 21.8. The Bertz CT molecular complexity index is 1210. The molecule has 1 aliphatic rings. The highest BCUT2D eigenvalue weighted by atomic mass is 32.2. The summed E-state index contributed by atoms with van der Waals surface area (Å²) in [6.45, 7) is 6.73. The monoisotopic (exact) mass is 460 g/mol. The molecule has 4 heterocycles. The third kappa shape index (κ3) is 4.32. The van der Waals surface area contributed by atoms with Gasteiger partial charge in [0, 0.05) is 42.3 Å². The zero-order valence-electron chi connectivity index (χ0n) is 17.7. The van der Waals surface area contributed by atoms with Crippen LogP contribution in [0.15, 0.2) is 44.9 Å². The van der Waals surface area contributed by atoms with Gasteiger partial charge in [-0.05, 0) is 51.8 Å². The Hall–Kier alpha value is -2.43. The highest BCUT2D eigenvalue weighted by Gasteiger charge is 2.27. The zero-order chi connectivity index (χ0) is 22.2. The summed E-state index contributed by atoms with van der Waals surface area (Å²) in [5.74, 6) is 1.52. The van der Waals surface area contributed by atoms with Crippen LogP contribution in [0.1, 0.15) is 40.3 Å². The molecule has 0 bridgehead atoms. The van der Waals surface area contributed by atoms with Gasteiger partial charge >= 0.3 is 0 Å². The number of hydrogen-bond donors (Lipinski definition) is 0. The molecule has 0 saturated carbocycles. The molecule has 0 radical (unpaired) electrons. The van der Waals surface area contributed by atoms with Crippen LogP contribution < -0.4 is 0 Å². The lowest BCUT2D eigenvalue weighted by Gasteiger charge is -2.15. The predicted octanol–water partition coefficient (Wildman–Crippen LogP) is 3.55. The van der Waals surface area contributed by atoms with Crippen LogP contribution in [0.4, 0.5) is 0 Å². The Morgan fingerprint density at radius 2 is 1.90 bits per heavy atom. The maximum atomic E-state index is 12.8. The molecule has 3 aromatic heterocycles. The molecule has 1 saturated heterocycles. The Morgan fingerprint density at radius 1 is 1.16 bits per heavy atom. The number of sulfonamides is 1. The summed E-state index contributed by atoms with van der Waals surface area (Å²) in [5.41, 5.74) is 2.32. The van der Waals surface area contributed by atoms with Crippen molar-refractivity contribution in [2.75, 3.05) is 18.8 Å². The average molecular weight is 461 g/mol. The van der Waals surface area contributed by atoms with Crippen LogP contribution >= 0.6 is 11.8 Å². The van der Waals surface area contributed by atoms with Gasteiger partial charge in [0.2, 0.25) is 10.0 Å². The van der Waals surface area contributed by atoms with Crippen molar-refractivity contribution >= 4 is 27.6 Å². The third-order valence-corrected chi connectivity index (χ3v) is 8.17. The molecule has 1 fully saturated rings. The van der Waals surface area contributed by atoms with Gasteiger partial charge in [-0.15, -0.1) is 0 Å². The maximum Gasteiger partial charge on any atom is 0.244 e. The maximum absolute atomic E-state index is 12.8. The number of carbonyl (C=O) groups is 1. The molecule has 0 aromatic carbocycles. The lowest BCUT2D eigenvalue weighted by atomic mass is 10.2. The Labute approximate surface area is 185 Å². The van der Waals surface area contributed by atoms with Gasteiger partial charge in [0.15, 0.2) is 11.6 Å². The standard InChI is InChI=1S/C21H24N4O4S2/c1-14-10-18(16(3)25(14)20-11-15(2)29-23-20)19(26)13-30-21-7-6-17(12-22-21)31(27,28)24-8-4-5-9-24/h6-7,10-12H,4-5,8-9,13H2,1-3H3. The summed E-state index contributed by atoms with van der Waals surface area (Å²) in [7, 11) is -3.48. The number of nitrogens with zero attached hydrogens (tertiary/aromatic N) is 4. The average Bonchev–Trinajstić information content (AvgIpc) is 3.48. The van der Waals surface area contributed by atoms with E-state index in [2.05, 4.69) is 10.1 Å². The quantitative estimate of drug-likeness (QED) is 0.393. The number of hydrogen-bond acceptors (Lipinski definition) is 7. The van der Waals surface area contributed by atoms with Crippen molar-refractivity contribution in [3.63, 3.8) is 0 Å². The molecule has 0 atom stereocenters. The molecule has 8 nitrogen and oxygen atoms in total. The summed E-state index contributed by atoms with van der Waals surface area (Å²) in [6, 6.07) is 6.89. The predicted molar refractivity (Wildman–Crippen MR) is 117 cm³/mol. The first-order chi connectivity index (χ1) is 14.8. The van der Waals surface area contributed by atoms with E-state index in [4.69, 9.17) is 4.52 Å². The molecule has 0 N–H and O–H groups in total. The number of Topliss-reactive ketones (excluding diaryl/α,β-unsaturated/α-hetero) is 1. The van der Waals surface area contributed by atoms with Crippen molar-refractivity contribution in [3.8, 4) is 5.82 Å². The van der Waals surface area contributed by atoms with Crippen LogP contribution in [0.3, 0.4) is 0 Å². The van der Waals surface area contributed by atoms with E-state index in [1.54, 1.807) is 12.1 Å². The van der Waals surface area contributed by atoms with E-state index < -0.39 is 10.0 Å². The van der Waals surface area contributed by atoms with Crippen LogP contribution in [-0.4, -0.2) is 52.1 Å². The lowest BCUT2D eigenvalue weighted by Crippen LogP contribution is -2.27. The van der Waals surface area contributed by atoms with Gasteiger partial charge in [-0.3, -0.25) is 9.36 Å². The normalized spacial score (nSPS) is 14.9. The first-order valence-electron chi connectivity index (χ1n) is 10.0. The van der Waals surface area contributed by atoms with Crippen molar-refractivity contribution in [1.29, 1.82) is 0 Å². The summed E-state index contributed by atoms with van der Waals surface area (Å²) in [5, 5.41) is 4.65. The van der Waals surface area contributed by atoms with E-state index in [9.17, 15) is 13.2 Å². The number of thioether (sulfide) groups is 1. The van der Waals surface area contributed by atoms with Crippen molar-refractivity contribution in [3.05, 3.63) is 53.2 Å². The van der Waals surface area contributed by atoms with Crippen LogP contribution in [0.2, 0.25) is 0 Å². The van der Waals surface area contributed by atoms with E-state index in [1.165, 1.54) is 22.3 Å². The molecule has 164 valence electrons. The van der Waals surface area contributed by atoms with Crippen LogP contribution in [0, 0.1) is 20.8 Å². The van der Waals surface area contributed by atoms with Gasteiger partial charge in [-0.1, -0.05) is 16.9 Å². The van der Waals surface area contributed by atoms with Gasteiger partial charge in [0.1, 0.15) is 10.7 Å². The molecule has 1 aliphatic heterocycles. The molecule has 0 spiro atoms. The molecular formula is C21H24N4O4S2. The number of aromatic nitrogens is 3. The van der Waals surface area contributed by atoms with Gasteiger partial charge in [-0.25, -0.2) is 13.4 Å². The second kappa shape index (κ2) is 8.60. The number of pyridine rings is 1. The fraction of sp³-hybridized carbons (Fsp3) is 0.381. The van der Waals surface area contributed by atoms with E-state index in [0.29, 0.717) is 35.3 Å². The molecule has 31 heavy (non-hydrogen) atoms. The molecular weight excluding hydrogens is 436 g/mol. The van der Waals surface area contributed by atoms with Crippen molar-refractivity contribution in [2.45, 2.75) is 43.5 Å². The summed E-state index contributed by atoms with van der Waals surface area (Å²) in [4.78, 5) is 17.3. The molecule has 0 amide bonds. The van der Waals surface area contributed by atoms with Crippen LogP contribution in [0.5, 0.6) is 0 Å².